The van der Waals surface area contributed by atoms with Crippen LogP contribution < -0.4 is 10.1 Å². The summed E-state index contributed by atoms with van der Waals surface area (Å²) in [4.78, 5) is 22.7. The molecule has 1 fully saturated rings. The number of amides is 1. The number of benzene rings is 1. The first-order valence-electron chi connectivity index (χ1n) is 8.99. The van der Waals surface area contributed by atoms with Crippen molar-refractivity contribution >= 4 is 23.2 Å². The summed E-state index contributed by atoms with van der Waals surface area (Å²) in [6.07, 6.45) is 6.68. The lowest BCUT2D eigenvalue weighted by molar-refractivity contribution is -0.384. The van der Waals surface area contributed by atoms with Gasteiger partial charge in [-0.3, -0.25) is 14.9 Å². The van der Waals surface area contributed by atoms with E-state index in [1.165, 1.54) is 31.0 Å². The van der Waals surface area contributed by atoms with Crippen molar-refractivity contribution in [2.45, 2.75) is 51.2 Å². The second kappa shape index (κ2) is 8.90. The van der Waals surface area contributed by atoms with Gasteiger partial charge in [-0.05, 0) is 31.0 Å². The number of hydrogen-bond acceptors (Lipinski definition) is 5. The smallest absolute Gasteiger partial charge is 0.287 e. The number of carbonyl (C=O) groups excluding carboxylic acids is 1. The van der Waals surface area contributed by atoms with E-state index in [2.05, 4.69) is 5.32 Å². The summed E-state index contributed by atoms with van der Waals surface area (Å²) in [5, 5.41) is 14.1. The molecule has 0 saturated heterocycles. The fraction of sp³-hybridized carbons (Fsp3) is 0.421. The quantitative estimate of drug-likeness (QED) is 0.429. The Morgan fingerprint density at radius 3 is 2.67 bits per heavy atom. The van der Waals surface area contributed by atoms with Gasteiger partial charge in [0.1, 0.15) is 18.1 Å². The number of hydrogen-bond donors (Lipinski definition) is 1. The summed E-state index contributed by atoms with van der Waals surface area (Å²) < 4.78 is 11.1. The average molecular weight is 393 g/mol. The summed E-state index contributed by atoms with van der Waals surface area (Å²) in [6.45, 7) is 0.0115. The van der Waals surface area contributed by atoms with Gasteiger partial charge in [0, 0.05) is 12.1 Å². The van der Waals surface area contributed by atoms with Crippen LogP contribution in [0, 0.1) is 10.1 Å². The summed E-state index contributed by atoms with van der Waals surface area (Å²) >= 11 is 6.00. The molecule has 1 aromatic carbocycles. The number of non-ortho nitro benzene ring substituents is 1. The molecule has 1 aliphatic carbocycles. The Hall–Kier alpha value is -2.54. The van der Waals surface area contributed by atoms with Crippen molar-refractivity contribution in [3.63, 3.8) is 0 Å². The van der Waals surface area contributed by atoms with Gasteiger partial charge in [-0.25, -0.2) is 0 Å². The first kappa shape index (κ1) is 19.2. The summed E-state index contributed by atoms with van der Waals surface area (Å²) in [7, 11) is 0. The second-order valence-corrected chi connectivity index (χ2v) is 7.00. The summed E-state index contributed by atoms with van der Waals surface area (Å²) in [5.41, 5.74) is -0.114. The maximum absolute atomic E-state index is 12.3. The SMILES string of the molecule is O=C(NC1CCCCCC1)c1ccc(COc2cc([N+](=O)[O-])ccc2Cl)o1. The predicted molar refractivity (Wildman–Crippen MR) is 100 cm³/mol. The number of nitro benzene ring substituents is 1. The fourth-order valence-electron chi connectivity index (χ4n) is 3.12. The Morgan fingerprint density at radius 2 is 1.96 bits per heavy atom. The van der Waals surface area contributed by atoms with Gasteiger partial charge >= 0.3 is 0 Å². The van der Waals surface area contributed by atoms with Gasteiger partial charge in [-0.1, -0.05) is 37.3 Å². The molecule has 0 spiro atoms. The molecule has 1 saturated carbocycles. The van der Waals surface area contributed by atoms with Crippen LogP contribution in [0.15, 0.2) is 34.7 Å². The summed E-state index contributed by atoms with van der Waals surface area (Å²) in [6, 6.07) is 7.40. The number of nitro groups is 1. The van der Waals surface area contributed by atoms with Crippen LogP contribution in [-0.4, -0.2) is 16.9 Å². The van der Waals surface area contributed by atoms with Gasteiger partial charge in [0.05, 0.1) is 16.0 Å². The molecule has 144 valence electrons. The number of furan rings is 1. The minimum Gasteiger partial charge on any atom is -0.484 e. The van der Waals surface area contributed by atoms with E-state index in [0.29, 0.717) is 5.76 Å². The zero-order valence-electron chi connectivity index (χ0n) is 14.8. The lowest BCUT2D eigenvalue weighted by Gasteiger charge is -2.15. The lowest BCUT2D eigenvalue weighted by Crippen LogP contribution is -2.34. The van der Waals surface area contributed by atoms with Crippen molar-refractivity contribution < 1.29 is 18.9 Å². The van der Waals surface area contributed by atoms with E-state index in [4.69, 9.17) is 20.8 Å². The van der Waals surface area contributed by atoms with Crippen LogP contribution in [0.4, 0.5) is 5.69 Å². The highest BCUT2D eigenvalue weighted by atomic mass is 35.5. The Morgan fingerprint density at radius 1 is 1.22 bits per heavy atom. The number of carbonyl (C=O) groups is 1. The predicted octanol–water partition coefficient (Wildman–Crippen LogP) is 4.87. The van der Waals surface area contributed by atoms with Crippen molar-refractivity contribution in [3.05, 3.63) is 57.0 Å². The van der Waals surface area contributed by atoms with Crippen LogP contribution in [0.5, 0.6) is 5.75 Å². The molecule has 8 heteroatoms. The molecular formula is C19H21ClN2O5. The highest BCUT2D eigenvalue weighted by Gasteiger charge is 2.18. The van der Waals surface area contributed by atoms with Gasteiger partial charge in [0.2, 0.25) is 0 Å². The minimum atomic E-state index is -0.522. The second-order valence-electron chi connectivity index (χ2n) is 6.59. The molecule has 0 atom stereocenters. The van der Waals surface area contributed by atoms with Crippen molar-refractivity contribution in [2.75, 3.05) is 0 Å². The number of ether oxygens (including phenoxy) is 1. The van der Waals surface area contributed by atoms with Crippen LogP contribution in [0.2, 0.25) is 5.02 Å². The van der Waals surface area contributed by atoms with Gasteiger partial charge in [0.15, 0.2) is 5.76 Å². The van der Waals surface area contributed by atoms with Crippen molar-refractivity contribution in [3.8, 4) is 5.75 Å². The molecule has 1 aliphatic rings. The normalized spacial score (nSPS) is 15.1. The van der Waals surface area contributed by atoms with Crippen LogP contribution in [0.3, 0.4) is 0 Å². The third-order valence-corrected chi connectivity index (χ3v) is 4.88. The molecule has 1 N–H and O–H groups in total. The van der Waals surface area contributed by atoms with Crippen LogP contribution in [-0.2, 0) is 6.61 Å². The standard InChI is InChI=1S/C19H21ClN2O5/c20-16-9-7-14(22(24)25)11-18(16)26-12-15-8-10-17(27-15)19(23)21-13-5-3-1-2-4-6-13/h7-11,13H,1-6,12H2,(H,21,23). The maximum atomic E-state index is 12.3. The fourth-order valence-corrected chi connectivity index (χ4v) is 3.29. The largest absolute Gasteiger partial charge is 0.484 e. The van der Waals surface area contributed by atoms with E-state index < -0.39 is 4.92 Å². The number of nitrogens with one attached hydrogen (secondary N) is 1. The number of halogens is 1. The van der Waals surface area contributed by atoms with Gasteiger partial charge < -0.3 is 14.5 Å². The van der Waals surface area contributed by atoms with E-state index >= 15 is 0 Å². The molecule has 7 nitrogen and oxygen atoms in total. The molecule has 2 aromatic rings. The molecule has 1 amide bonds. The molecule has 1 aromatic heterocycles. The molecule has 0 bridgehead atoms. The van der Waals surface area contributed by atoms with E-state index in [1.54, 1.807) is 12.1 Å². The van der Waals surface area contributed by atoms with Crippen LogP contribution in [0.25, 0.3) is 0 Å². The van der Waals surface area contributed by atoms with E-state index in [1.807, 2.05) is 0 Å². The van der Waals surface area contributed by atoms with Crippen LogP contribution >= 0.6 is 11.6 Å². The van der Waals surface area contributed by atoms with E-state index in [-0.39, 0.29) is 40.8 Å². The molecule has 27 heavy (non-hydrogen) atoms. The maximum Gasteiger partial charge on any atom is 0.287 e. The molecule has 1 heterocycles. The number of rotatable bonds is 6. The monoisotopic (exact) mass is 392 g/mol. The Labute approximate surface area is 161 Å². The number of nitrogens with zero attached hydrogens (tertiary/aromatic N) is 1. The van der Waals surface area contributed by atoms with Crippen molar-refractivity contribution in [2.24, 2.45) is 0 Å². The van der Waals surface area contributed by atoms with Gasteiger partial charge in [0.25, 0.3) is 11.6 Å². The third-order valence-electron chi connectivity index (χ3n) is 4.57. The van der Waals surface area contributed by atoms with Gasteiger partial charge in [-0.2, -0.15) is 0 Å². The first-order valence-corrected chi connectivity index (χ1v) is 9.37. The zero-order valence-corrected chi connectivity index (χ0v) is 15.5. The Bertz CT molecular complexity index is 812. The minimum absolute atomic E-state index is 0.0115. The molecule has 0 unspecified atom stereocenters. The van der Waals surface area contributed by atoms with Gasteiger partial charge in [-0.15, -0.1) is 0 Å². The Kier molecular flexibility index (Phi) is 6.34. The van der Waals surface area contributed by atoms with Crippen molar-refractivity contribution in [1.29, 1.82) is 0 Å². The van der Waals surface area contributed by atoms with Crippen molar-refractivity contribution in [1.82, 2.24) is 5.32 Å². The zero-order chi connectivity index (χ0) is 19.2. The van der Waals surface area contributed by atoms with Crippen LogP contribution in [0.1, 0.15) is 54.8 Å². The molecular weight excluding hydrogens is 372 g/mol. The van der Waals surface area contributed by atoms with E-state index in [0.717, 1.165) is 25.7 Å². The van der Waals surface area contributed by atoms with E-state index in [9.17, 15) is 14.9 Å². The molecule has 0 aliphatic heterocycles. The summed E-state index contributed by atoms with van der Waals surface area (Å²) in [5.74, 6) is 0.611. The topological polar surface area (TPSA) is 94.6 Å². The first-order chi connectivity index (χ1) is 13.0. The highest BCUT2D eigenvalue weighted by Crippen LogP contribution is 2.29. The highest BCUT2D eigenvalue weighted by molar-refractivity contribution is 6.32. The average Bonchev–Trinajstić information content (AvgIpc) is 2.98. The molecule has 3 rings (SSSR count). The Balaban J connectivity index is 1.58. The lowest BCUT2D eigenvalue weighted by atomic mass is 10.1. The third kappa shape index (κ3) is 5.23. The molecule has 0 radical (unpaired) electrons.